The maximum absolute atomic E-state index is 12.3. The molecular weight excluding hydrogens is 246 g/mol. The summed E-state index contributed by atoms with van der Waals surface area (Å²) in [5.74, 6) is 1.59. The highest BCUT2D eigenvalue weighted by Crippen LogP contribution is 2.27. The van der Waals surface area contributed by atoms with E-state index in [-0.39, 0.29) is 5.78 Å². The Morgan fingerprint density at radius 3 is 2.35 bits per heavy atom. The zero-order valence-corrected chi connectivity index (χ0v) is 13.1. The Balaban J connectivity index is 1.91. The molecule has 0 saturated heterocycles. The van der Waals surface area contributed by atoms with Crippen LogP contribution in [0, 0.1) is 5.92 Å². The van der Waals surface area contributed by atoms with Crippen LogP contribution in [0.4, 0.5) is 0 Å². The summed E-state index contributed by atoms with van der Waals surface area (Å²) in [5.41, 5.74) is 2.14. The van der Waals surface area contributed by atoms with Crippen molar-refractivity contribution in [1.29, 1.82) is 0 Å². The summed E-state index contributed by atoms with van der Waals surface area (Å²) in [6.07, 6.45) is 4.05. The first-order valence-electron chi connectivity index (χ1n) is 7.95. The van der Waals surface area contributed by atoms with Crippen molar-refractivity contribution in [2.75, 3.05) is 19.6 Å². The van der Waals surface area contributed by atoms with E-state index in [2.05, 4.69) is 37.8 Å². The number of carbonyl (C=O) groups is 1. The molecule has 0 radical (unpaired) electrons. The molecule has 0 spiro atoms. The van der Waals surface area contributed by atoms with Crippen molar-refractivity contribution in [1.82, 2.24) is 4.90 Å². The first-order valence-corrected chi connectivity index (χ1v) is 7.95. The summed E-state index contributed by atoms with van der Waals surface area (Å²) in [4.78, 5) is 14.6. The number of benzene rings is 1. The molecule has 1 aliphatic rings. The van der Waals surface area contributed by atoms with Gasteiger partial charge in [0.1, 0.15) is 0 Å². The fraction of sp³-hybridized carbons (Fsp3) is 0.611. The molecule has 1 aromatic rings. The van der Waals surface area contributed by atoms with Crippen LogP contribution in [0.5, 0.6) is 0 Å². The highest BCUT2D eigenvalue weighted by atomic mass is 16.1. The smallest absolute Gasteiger partial charge is 0.176 e. The van der Waals surface area contributed by atoms with Crippen LogP contribution in [0.25, 0.3) is 0 Å². The fourth-order valence-corrected chi connectivity index (χ4v) is 2.69. The standard InChI is InChI=1S/C18H27NO/c1-4-19(12-15-6-5-7-15)13-18(20)17-10-8-16(9-11-17)14(2)3/h8-11,14-15H,4-7,12-13H2,1-3H3. The van der Waals surface area contributed by atoms with Gasteiger partial charge < -0.3 is 0 Å². The number of ketones is 1. The lowest BCUT2D eigenvalue weighted by molar-refractivity contribution is 0.0905. The van der Waals surface area contributed by atoms with Crippen molar-refractivity contribution in [3.63, 3.8) is 0 Å². The van der Waals surface area contributed by atoms with Gasteiger partial charge in [-0.1, -0.05) is 51.5 Å². The average Bonchev–Trinajstić information content (AvgIpc) is 2.41. The maximum Gasteiger partial charge on any atom is 0.176 e. The topological polar surface area (TPSA) is 20.3 Å². The number of hydrogen-bond donors (Lipinski definition) is 0. The van der Waals surface area contributed by atoms with Crippen LogP contribution in [0.2, 0.25) is 0 Å². The SMILES string of the molecule is CCN(CC(=O)c1ccc(C(C)C)cc1)CC1CCC1. The van der Waals surface area contributed by atoms with E-state index in [1.54, 1.807) is 0 Å². The molecule has 2 rings (SSSR count). The summed E-state index contributed by atoms with van der Waals surface area (Å²) in [5, 5.41) is 0. The van der Waals surface area contributed by atoms with E-state index in [4.69, 9.17) is 0 Å². The first kappa shape index (κ1) is 15.2. The van der Waals surface area contributed by atoms with Gasteiger partial charge in [-0.05, 0) is 36.8 Å². The van der Waals surface area contributed by atoms with Crippen molar-refractivity contribution >= 4 is 5.78 Å². The largest absolute Gasteiger partial charge is 0.296 e. The second-order valence-electron chi connectivity index (χ2n) is 6.32. The number of Topliss-reactive ketones (excluding diaryl/α,β-unsaturated/α-hetero) is 1. The fourth-order valence-electron chi connectivity index (χ4n) is 2.69. The third kappa shape index (κ3) is 3.92. The van der Waals surface area contributed by atoms with E-state index in [1.807, 2.05) is 12.1 Å². The molecule has 0 aliphatic heterocycles. The van der Waals surface area contributed by atoms with E-state index in [1.165, 1.54) is 24.8 Å². The van der Waals surface area contributed by atoms with Crippen LogP contribution in [0.15, 0.2) is 24.3 Å². The van der Waals surface area contributed by atoms with Gasteiger partial charge in [0.25, 0.3) is 0 Å². The lowest BCUT2D eigenvalue weighted by atomic mass is 9.85. The van der Waals surface area contributed by atoms with Crippen LogP contribution >= 0.6 is 0 Å². The molecule has 1 saturated carbocycles. The Hall–Kier alpha value is -1.15. The summed E-state index contributed by atoms with van der Waals surface area (Å²) in [7, 11) is 0. The molecule has 1 aromatic carbocycles. The van der Waals surface area contributed by atoms with E-state index < -0.39 is 0 Å². The van der Waals surface area contributed by atoms with Gasteiger partial charge in [-0.25, -0.2) is 0 Å². The van der Waals surface area contributed by atoms with Crippen LogP contribution in [0.1, 0.15) is 61.9 Å². The molecule has 0 amide bonds. The lowest BCUT2D eigenvalue weighted by Gasteiger charge is -2.31. The second-order valence-corrected chi connectivity index (χ2v) is 6.32. The molecule has 0 unspecified atom stereocenters. The van der Waals surface area contributed by atoms with E-state index in [9.17, 15) is 4.79 Å². The van der Waals surface area contributed by atoms with Gasteiger partial charge in [0, 0.05) is 12.1 Å². The van der Waals surface area contributed by atoms with Gasteiger partial charge in [-0.3, -0.25) is 9.69 Å². The normalized spacial score (nSPS) is 15.7. The van der Waals surface area contributed by atoms with Gasteiger partial charge in [-0.2, -0.15) is 0 Å². The zero-order chi connectivity index (χ0) is 14.5. The quantitative estimate of drug-likeness (QED) is 0.697. The molecule has 0 aromatic heterocycles. The highest BCUT2D eigenvalue weighted by Gasteiger charge is 2.21. The monoisotopic (exact) mass is 273 g/mol. The van der Waals surface area contributed by atoms with Gasteiger partial charge in [0.05, 0.1) is 6.54 Å². The third-order valence-corrected chi connectivity index (χ3v) is 4.45. The molecule has 2 heteroatoms. The van der Waals surface area contributed by atoms with E-state index in [0.717, 1.165) is 24.6 Å². The van der Waals surface area contributed by atoms with Crippen molar-refractivity contribution in [3.05, 3.63) is 35.4 Å². The van der Waals surface area contributed by atoms with Crippen LogP contribution in [-0.4, -0.2) is 30.3 Å². The van der Waals surface area contributed by atoms with E-state index in [0.29, 0.717) is 12.5 Å². The Kier molecular flexibility index (Phi) is 5.36. The molecule has 0 N–H and O–H groups in total. The maximum atomic E-state index is 12.3. The third-order valence-electron chi connectivity index (χ3n) is 4.45. The molecule has 0 heterocycles. The Labute approximate surface area is 123 Å². The Morgan fingerprint density at radius 1 is 1.25 bits per heavy atom. The summed E-state index contributed by atoms with van der Waals surface area (Å²) in [6.45, 7) is 9.11. The predicted molar refractivity (Wildman–Crippen MR) is 84.3 cm³/mol. The van der Waals surface area contributed by atoms with Crippen molar-refractivity contribution in [3.8, 4) is 0 Å². The molecule has 0 bridgehead atoms. The minimum absolute atomic E-state index is 0.251. The highest BCUT2D eigenvalue weighted by molar-refractivity contribution is 5.97. The van der Waals surface area contributed by atoms with Gasteiger partial charge in [0.2, 0.25) is 0 Å². The molecule has 1 aliphatic carbocycles. The Morgan fingerprint density at radius 2 is 1.90 bits per heavy atom. The average molecular weight is 273 g/mol. The zero-order valence-electron chi connectivity index (χ0n) is 13.1. The first-order chi connectivity index (χ1) is 9.60. The van der Waals surface area contributed by atoms with Crippen LogP contribution < -0.4 is 0 Å². The molecule has 0 atom stereocenters. The number of likely N-dealkylation sites (N-methyl/N-ethyl adjacent to an activating group) is 1. The lowest BCUT2D eigenvalue weighted by Crippen LogP contribution is -2.36. The summed E-state index contributed by atoms with van der Waals surface area (Å²) in [6, 6.07) is 8.13. The molecule has 110 valence electrons. The van der Waals surface area contributed by atoms with Gasteiger partial charge >= 0.3 is 0 Å². The molecular formula is C18H27NO. The number of carbonyl (C=O) groups excluding carboxylic acids is 1. The number of nitrogens with zero attached hydrogens (tertiary/aromatic N) is 1. The second kappa shape index (κ2) is 7.03. The van der Waals surface area contributed by atoms with Gasteiger partial charge in [-0.15, -0.1) is 0 Å². The van der Waals surface area contributed by atoms with Crippen molar-refractivity contribution in [2.45, 2.75) is 46.0 Å². The Bertz CT molecular complexity index is 431. The predicted octanol–water partition coefficient (Wildman–Crippen LogP) is 4.11. The number of hydrogen-bond acceptors (Lipinski definition) is 2. The molecule has 1 fully saturated rings. The summed E-state index contributed by atoms with van der Waals surface area (Å²) < 4.78 is 0. The van der Waals surface area contributed by atoms with Crippen molar-refractivity contribution < 1.29 is 4.79 Å². The minimum atomic E-state index is 0.251. The van der Waals surface area contributed by atoms with Gasteiger partial charge in [0.15, 0.2) is 5.78 Å². The van der Waals surface area contributed by atoms with Crippen LogP contribution in [-0.2, 0) is 0 Å². The summed E-state index contributed by atoms with van der Waals surface area (Å²) >= 11 is 0. The van der Waals surface area contributed by atoms with Crippen LogP contribution in [0.3, 0.4) is 0 Å². The van der Waals surface area contributed by atoms with Crippen molar-refractivity contribution in [2.24, 2.45) is 5.92 Å². The molecule has 20 heavy (non-hydrogen) atoms. The minimum Gasteiger partial charge on any atom is -0.296 e. The van der Waals surface area contributed by atoms with E-state index >= 15 is 0 Å². The number of rotatable bonds is 7. The molecule has 2 nitrogen and oxygen atoms in total.